The molecule has 0 saturated heterocycles. The number of nitrogens with two attached hydrogens (primary N) is 1. The lowest BCUT2D eigenvalue weighted by Crippen LogP contribution is -2.46. The molecule has 0 saturated carbocycles. The molecule has 3 unspecified atom stereocenters. The molecule has 0 aromatic heterocycles. The fraction of sp³-hybridized carbons (Fsp3) is 0.778. The molecule has 0 aliphatic heterocycles. The second-order valence-electron chi connectivity index (χ2n) is 3.37. The lowest BCUT2D eigenvalue weighted by molar-refractivity contribution is -0.119. The summed E-state index contributed by atoms with van der Waals surface area (Å²) in [5, 5.41) is 3.52. The average molecular weight is 249 g/mol. The van der Waals surface area contributed by atoms with Crippen LogP contribution in [0.15, 0.2) is 0 Å². The molecule has 0 fully saturated rings. The molecule has 0 aromatic rings. The van der Waals surface area contributed by atoms with Crippen molar-refractivity contribution in [3.05, 3.63) is 0 Å². The minimum absolute atomic E-state index is 0.241. The van der Waals surface area contributed by atoms with Gasteiger partial charge in [-0.1, -0.05) is 0 Å². The third-order valence-electron chi connectivity index (χ3n) is 2.02. The molecule has 6 nitrogen and oxygen atoms in total. The van der Waals surface area contributed by atoms with Gasteiger partial charge in [0.1, 0.15) is 5.25 Å². The van der Waals surface area contributed by atoms with Crippen LogP contribution in [-0.2, 0) is 15.6 Å². The summed E-state index contributed by atoms with van der Waals surface area (Å²) < 4.78 is 11.7. The van der Waals surface area contributed by atoms with Gasteiger partial charge in [0.2, 0.25) is 5.91 Å². The number of hydrogen-bond acceptors (Lipinski definition) is 4. The Kier molecular flexibility index (Phi) is 6.91. The highest BCUT2D eigenvalue weighted by molar-refractivity contribution is 7.87. The molecule has 0 radical (unpaired) electrons. The Morgan fingerprint density at radius 2 is 1.94 bits per heavy atom. The Morgan fingerprint density at radius 3 is 2.38 bits per heavy atom. The maximum absolute atomic E-state index is 11.7. The van der Waals surface area contributed by atoms with Gasteiger partial charge < -0.3 is 11.1 Å². The van der Waals surface area contributed by atoms with Crippen molar-refractivity contribution in [2.24, 2.45) is 5.73 Å². The van der Waals surface area contributed by atoms with Crippen LogP contribution in [0.3, 0.4) is 0 Å². The third kappa shape index (κ3) is 4.71. The molecular formula is C9H19N3O3S. The first kappa shape index (κ1) is 15.0. The second kappa shape index (κ2) is 7.34. The Bertz CT molecular complexity index is 283. The number of urea groups is 1. The van der Waals surface area contributed by atoms with E-state index in [4.69, 9.17) is 5.73 Å². The van der Waals surface area contributed by atoms with Crippen LogP contribution in [0.2, 0.25) is 0 Å². The maximum Gasteiger partial charge on any atom is 0.321 e. The number of hydrogen-bond donors (Lipinski definition) is 3. The quantitative estimate of drug-likeness (QED) is 0.600. The summed E-state index contributed by atoms with van der Waals surface area (Å²) in [5.41, 5.74) is 5.36. The van der Waals surface area contributed by atoms with E-state index in [0.717, 1.165) is 0 Å². The highest BCUT2D eigenvalue weighted by atomic mass is 32.2. The summed E-state index contributed by atoms with van der Waals surface area (Å²) in [6.45, 7) is 5.62. The summed E-state index contributed by atoms with van der Waals surface area (Å²) in [6.07, 6.45) is 0. The largest absolute Gasteiger partial charge is 0.338 e. The molecule has 3 atom stereocenters. The summed E-state index contributed by atoms with van der Waals surface area (Å²) in [5.74, 6) is -0.551. The highest BCUT2D eigenvalue weighted by Crippen LogP contribution is 2.02. The Balaban J connectivity index is 4.28. The third-order valence-corrected chi connectivity index (χ3v) is 3.92. The van der Waals surface area contributed by atoms with Crippen LogP contribution in [0, 0.1) is 0 Å². The molecule has 0 rings (SSSR count). The fourth-order valence-corrected chi connectivity index (χ4v) is 2.12. The van der Waals surface area contributed by atoms with Crippen LogP contribution in [0.1, 0.15) is 20.8 Å². The van der Waals surface area contributed by atoms with Crippen LogP contribution in [0.5, 0.6) is 0 Å². The monoisotopic (exact) mass is 249 g/mol. The van der Waals surface area contributed by atoms with E-state index >= 15 is 0 Å². The van der Waals surface area contributed by atoms with E-state index in [1.807, 2.05) is 0 Å². The Labute approximate surface area is 97.8 Å². The number of rotatable bonds is 5. The van der Waals surface area contributed by atoms with Crippen molar-refractivity contribution in [3.8, 4) is 0 Å². The smallest absolute Gasteiger partial charge is 0.321 e. The SMILES string of the molecule is CCNC(=O)NC(=O)C(C)S(=O)C(C)CN. The van der Waals surface area contributed by atoms with E-state index < -0.39 is 28.0 Å². The van der Waals surface area contributed by atoms with Gasteiger partial charge in [0.05, 0.1) is 0 Å². The van der Waals surface area contributed by atoms with Crippen molar-refractivity contribution in [3.63, 3.8) is 0 Å². The van der Waals surface area contributed by atoms with Crippen LogP contribution >= 0.6 is 0 Å². The normalized spacial score (nSPS) is 16.0. The van der Waals surface area contributed by atoms with Gasteiger partial charge in [0.15, 0.2) is 0 Å². The van der Waals surface area contributed by atoms with Crippen molar-refractivity contribution in [1.82, 2.24) is 10.6 Å². The zero-order chi connectivity index (χ0) is 12.7. The maximum atomic E-state index is 11.7. The van der Waals surface area contributed by atoms with Crippen molar-refractivity contribution in [2.45, 2.75) is 31.3 Å². The Hall–Kier alpha value is -0.950. The molecule has 0 aromatic carbocycles. The summed E-state index contributed by atoms with van der Waals surface area (Å²) in [7, 11) is -1.38. The predicted octanol–water partition coefficient (Wildman–Crippen LogP) is -0.683. The summed E-state index contributed by atoms with van der Waals surface area (Å²) in [6, 6.07) is -0.572. The minimum Gasteiger partial charge on any atom is -0.338 e. The van der Waals surface area contributed by atoms with Gasteiger partial charge in [0, 0.05) is 29.1 Å². The lowest BCUT2D eigenvalue weighted by atomic mass is 10.4. The van der Waals surface area contributed by atoms with Gasteiger partial charge in [-0.15, -0.1) is 0 Å². The first-order valence-electron chi connectivity index (χ1n) is 5.12. The number of nitrogens with one attached hydrogen (secondary N) is 2. The molecule has 94 valence electrons. The van der Waals surface area contributed by atoms with Gasteiger partial charge in [0.25, 0.3) is 0 Å². The Morgan fingerprint density at radius 1 is 1.38 bits per heavy atom. The molecule has 0 spiro atoms. The van der Waals surface area contributed by atoms with Gasteiger partial charge in [-0.05, 0) is 20.8 Å². The number of carbonyl (C=O) groups is 2. The van der Waals surface area contributed by atoms with E-state index in [1.54, 1.807) is 13.8 Å². The number of imide groups is 1. The zero-order valence-corrected chi connectivity index (χ0v) is 10.6. The van der Waals surface area contributed by atoms with Gasteiger partial charge in [-0.25, -0.2) is 4.79 Å². The van der Waals surface area contributed by atoms with E-state index in [9.17, 15) is 13.8 Å². The van der Waals surface area contributed by atoms with E-state index in [-0.39, 0.29) is 11.8 Å². The molecule has 0 heterocycles. The molecule has 16 heavy (non-hydrogen) atoms. The van der Waals surface area contributed by atoms with Gasteiger partial charge in [-0.2, -0.15) is 0 Å². The molecule has 7 heteroatoms. The predicted molar refractivity (Wildman–Crippen MR) is 63.3 cm³/mol. The van der Waals surface area contributed by atoms with Crippen LogP contribution in [0.4, 0.5) is 4.79 Å². The van der Waals surface area contributed by atoms with E-state index in [0.29, 0.717) is 6.54 Å². The first-order chi connectivity index (χ1) is 7.43. The first-order valence-corrected chi connectivity index (χ1v) is 6.39. The van der Waals surface area contributed by atoms with Gasteiger partial charge >= 0.3 is 6.03 Å². The molecule has 3 amide bonds. The average Bonchev–Trinajstić information content (AvgIpc) is 2.26. The standard InChI is InChI=1S/C9H19N3O3S/c1-4-11-9(14)12-8(13)7(3)16(15)6(2)5-10/h6-7H,4-5,10H2,1-3H3,(H2,11,12,13,14). The number of amides is 3. The highest BCUT2D eigenvalue weighted by Gasteiger charge is 2.24. The molecule has 0 aliphatic rings. The summed E-state index contributed by atoms with van der Waals surface area (Å²) in [4.78, 5) is 22.5. The van der Waals surface area contributed by atoms with Crippen LogP contribution < -0.4 is 16.4 Å². The number of carbonyl (C=O) groups excluding carboxylic acids is 2. The van der Waals surface area contributed by atoms with Crippen molar-refractivity contribution >= 4 is 22.7 Å². The van der Waals surface area contributed by atoms with Gasteiger partial charge in [-0.3, -0.25) is 14.3 Å². The fourth-order valence-electron chi connectivity index (χ4n) is 0.967. The zero-order valence-electron chi connectivity index (χ0n) is 9.78. The summed E-state index contributed by atoms with van der Waals surface area (Å²) >= 11 is 0. The van der Waals surface area contributed by atoms with E-state index in [1.165, 1.54) is 6.92 Å². The van der Waals surface area contributed by atoms with Crippen LogP contribution in [-0.4, -0.2) is 39.7 Å². The molecule has 0 bridgehead atoms. The molecule has 4 N–H and O–H groups in total. The second-order valence-corrected chi connectivity index (χ2v) is 5.53. The van der Waals surface area contributed by atoms with Crippen molar-refractivity contribution in [2.75, 3.05) is 13.1 Å². The van der Waals surface area contributed by atoms with Crippen molar-refractivity contribution in [1.29, 1.82) is 0 Å². The lowest BCUT2D eigenvalue weighted by Gasteiger charge is -2.15. The topological polar surface area (TPSA) is 101 Å². The minimum atomic E-state index is -1.38. The molecule has 0 aliphatic carbocycles. The molecular weight excluding hydrogens is 230 g/mol. The van der Waals surface area contributed by atoms with Crippen LogP contribution in [0.25, 0.3) is 0 Å². The van der Waals surface area contributed by atoms with Crippen molar-refractivity contribution < 1.29 is 13.8 Å². The van der Waals surface area contributed by atoms with E-state index in [2.05, 4.69) is 10.6 Å².